The van der Waals surface area contributed by atoms with Crippen LogP contribution in [0.15, 0.2) is 36.4 Å². The van der Waals surface area contributed by atoms with Crippen molar-refractivity contribution in [1.82, 2.24) is 0 Å². The fraction of sp³-hybridized carbons (Fsp3) is 0.176. The number of amides is 1. The zero-order valence-electron chi connectivity index (χ0n) is 13.8. The third-order valence-corrected chi connectivity index (χ3v) is 3.68. The molecule has 9 heteroatoms. The zero-order chi connectivity index (χ0) is 18.7. The van der Waals surface area contributed by atoms with Gasteiger partial charge < -0.3 is 20.1 Å². The molecular formula is C17H15N3O6. The molecule has 9 nitrogen and oxygen atoms in total. The van der Waals surface area contributed by atoms with Crippen LogP contribution >= 0.6 is 0 Å². The third kappa shape index (κ3) is 3.72. The summed E-state index contributed by atoms with van der Waals surface area (Å²) >= 11 is 0. The number of Topliss-reactive ketones (excluding diaryl/α,β-unsaturated/α-hetero) is 1. The normalized spacial score (nSPS) is 11.7. The number of benzene rings is 2. The Balaban J connectivity index is 1.69. The highest BCUT2D eigenvalue weighted by atomic mass is 16.7. The molecule has 26 heavy (non-hydrogen) atoms. The summed E-state index contributed by atoms with van der Waals surface area (Å²) in [6.07, 6.45) is 0. The lowest BCUT2D eigenvalue weighted by molar-refractivity contribution is -0.384. The molecule has 1 aliphatic rings. The first kappa shape index (κ1) is 17.2. The summed E-state index contributed by atoms with van der Waals surface area (Å²) in [5.74, 6) is 0.239. The van der Waals surface area contributed by atoms with Crippen LogP contribution in [0.2, 0.25) is 0 Å². The predicted molar refractivity (Wildman–Crippen MR) is 92.8 cm³/mol. The number of carbonyl (C=O) groups is 2. The molecular weight excluding hydrogens is 342 g/mol. The number of carbonyl (C=O) groups excluding carboxylic acids is 2. The Hall–Kier alpha value is -3.62. The first-order valence-corrected chi connectivity index (χ1v) is 7.67. The van der Waals surface area contributed by atoms with Crippen LogP contribution in [0.1, 0.15) is 17.3 Å². The SMILES string of the molecule is CC(=O)c1cc2c(cc1NC(=O)CNc1cccc([N+](=O)[O-])c1)OCO2. The average molecular weight is 357 g/mol. The largest absolute Gasteiger partial charge is 0.454 e. The van der Waals surface area contributed by atoms with E-state index in [1.54, 1.807) is 6.07 Å². The van der Waals surface area contributed by atoms with Gasteiger partial charge in [-0.2, -0.15) is 0 Å². The Labute approximate surface area is 148 Å². The lowest BCUT2D eigenvalue weighted by Gasteiger charge is -2.11. The maximum atomic E-state index is 12.2. The van der Waals surface area contributed by atoms with Gasteiger partial charge in [-0.05, 0) is 19.1 Å². The second-order valence-electron chi connectivity index (χ2n) is 5.52. The van der Waals surface area contributed by atoms with Crippen molar-refractivity contribution in [3.05, 3.63) is 52.1 Å². The number of rotatable bonds is 6. The molecule has 0 aromatic heterocycles. The second-order valence-corrected chi connectivity index (χ2v) is 5.52. The lowest BCUT2D eigenvalue weighted by atomic mass is 10.1. The molecule has 0 unspecified atom stereocenters. The number of hydrogen-bond donors (Lipinski definition) is 2. The van der Waals surface area contributed by atoms with Crippen LogP contribution in [0.3, 0.4) is 0 Å². The van der Waals surface area contributed by atoms with E-state index in [2.05, 4.69) is 10.6 Å². The number of non-ortho nitro benzene ring substituents is 1. The van der Waals surface area contributed by atoms with Crippen molar-refractivity contribution in [1.29, 1.82) is 0 Å². The number of ether oxygens (including phenoxy) is 2. The lowest BCUT2D eigenvalue weighted by Crippen LogP contribution is -2.22. The van der Waals surface area contributed by atoms with Crippen LogP contribution in [-0.2, 0) is 4.79 Å². The van der Waals surface area contributed by atoms with Gasteiger partial charge in [0.25, 0.3) is 5.69 Å². The maximum absolute atomic E-state index is 12.2. The minimum atomic E-state index is -0.517. The molecule has 0 saturated heterocycles. The molecule has 0 fully saturated rings. The molecule has 0 aliphatic carbocycles. The zero-order valence-corrected chi connectivity index (χ0v) is 13.8. The van der Waals surface area contributed by atoms with E-state index in [1.165, 1.54) is 37.3 Å². The molecule has 0 saturated carbocycles. The topological polar surface area (TPSA) is 120 Å². The van der Waals surface area contributed by atoms with E-state index in [0.29, 0.717) is 28.4 Å². The van der Waals surface area contributed by atoms with E-state index < -0.39 is 10.8 Å². The van der Waals surface area contributed by atoms with Crippen molar-refractivity contribution in [3.63, 3.8) is 0 Å². The first-order chi connectivity index (χ1) is 12.4. The molecule has 1 aliphatic heterocycles. The molecule has 3 rings (SSSR count). The van der Waals surface area contributed by atoms with Gasteiger partial charge in [-0.3, -0.25) is 19.7 Å². The van der Waals surface area contributed by atoms with Crippen molar-refractivity contribution < 1.29 is 24.0 Å². The van der Waals surface area contributed by atoms with Crippen molar-refractivity contribution in [3.8, 4) is 11.5 Å². The maximum Gasteiger partial charge on any atom is 0.271 e. The van der Waals surface area contributed by atoms with Gasteiger partial charge in [0.15, 0.2) is 17.3 Å². The molecule has 0 bridgehead atoms. The summed E-state index contributed by atoms with van der Waals surface area (Å²) in [5, 5.41) is 16.2. The van der Waals surface area contributed by atoms with Crippen molar-refractivity contribution in [2.45, 2.75) is 6.92 Å². The molecule has 0 spiro atoms. The van der Waals surface area contributed by atoms with Crippen LogP contribution in [0.25, 0.3) is 0 Å². The van der Waals surface area contributed by atoms with E-state index in [1.807, 2.05) is 0 Å². The average Bonchev–Trinajstić information content (AvgIpc) is 3.06. The quantitative estimate of drug-likeness (QED) is 0.463. The summed E-state index contributed by atoms with van der Waals surface area (Å²) in [6, 6.07) is 8.87. The van der Waals surface area contributed by atoms with Gasteiger partial charge in [-0.25, -0.2) is 0 Å². The Bertz CT molecular complexity index is 896. The number of nitro benzene ring substituents is 1. The van der Waals surface area contributed by atoms with Gasteiger partial charge in [0.2, 0.25) is 12.7 Å². The smallest absolute Gasteiger partial charge is 0.271 e. The minimum Gasteiger partial charge on any atom is -0.454 e. The standard InChI is InChI=1S/C17H15N3O6/c1-10(21)13-6-15-16(26-9-25-15)7-14(13)19-17(22)8-18-11-3-2-4-12(5-11)20(23)24/h2-7,18H,8-9H2,1H3,(H,19,22). The molecule has 1 heterocycles. The second kappa shape index (κ2) is 7.09. The molecule has 2 aromatic carbocycles. The fourth-order valence-corrected chi connectivity index (χ4v) is 2.44. The monoisotopic (exact) mass is 357 g/mol. The third-order valence-electron chi connectivity index (χ3n) is 3.68. The highest BCUT2D eigenvalue weighted by molar-refractivity contribution is 6.05. The fourth-order valence-electron chi connectivity index (χ4n) is 2.44. The number of nitrogens with zero attached hydrogens (tertiary/aromatic N) is 1. The van der Waals surface area contributed by atoms with E-state index in [0.717, 1.165) is 0 Å². The van der Waals surface area contributed by atoms with Gasteiger partial charge in [-0.15, -0.1) is 0 Å². The van der Waals surface area contributed by atoms with E-state index in [-0.39, 0.29) is 24.8 Å². The molecule has 0 atom stereocenters. The van der Waals surface area contributed by atoms with Crippen LogP contribution in [0.5, 0.6) is 11.5 Å². The highest BCUT2D eigenvalue weighted by Crippen LogP contribution is 2.37. The Morgan fingerprint density at radius 2 is 1.92 bits per heavy atom. The number of hydrogen-bond acceptors (Lipinski definition) is 7. The summed E-state index contributed by atoms with van der Waals surface area (Å²) < 4.78 is 10.5. The van der Waals surface area contributed by atoms with Gasteiger partial charge in [0.05, 0.1) is 17.2 Å². The Morgan fingerprint density at radius 1 is 1.19 bits per heavy atom. The van der Waals surface area contributed by atoms with Crippen LogP contribution in [0.4, 0.5) is 17.1 Å². The number of nitrogens with one attached hydrogen (secondary N) is 2. The summed E-state index contributed by atoms with van der Waals surface area (Å²) in [4.78, 5) is 34.2. The van der Waals surface area contributed by atoms with E-state index in [9.17, 15) is 19.7 Å². The molecule has 1 amide bonds. The van der Waals surface area contributed by atoms with Gasteiger partial charge in [0.1, 0.15) is 0 Å². The van der Waals surface area contributed by atoms with Crippen LogP contribution < -0.4 is 20.1 Å². The molecule has 134 valence electrons. The molecule has 2 aromatic rings. The first-order valence-electron chi connectivity index (χ1n) is 7.67. The summed E-state index contributed by atoms with van der Waals surface area (Å²) in [6.45, 7) is 1.31. The Kier molecular flexibility index (Phi) is 4.70. The molecule has 0 radical (unpaired) electrons. The predicted octanol–water partition coefficient (Wildman–Crippen LogP) is 2.58. The van der Waals surface area contributed by atoms with Crippen LogP contribution in [-0.4, -0.2) is 30.0 Å². The minimum absolute atomic E-state index is 0.0540. The number of anilines is 2. The van der Waals surface area contributed by atoms with Crippen molar-refractivity contribution in [2.75, 3.05) is 24.0 Å². The van der Waals surface area contributed by atoms with Gasteiger partial charge in [-0.1, -0.05) is 6.07 Å². The molecule has 2 N–H and O–H groups in total. The number of ketones is 1. The van der Waals surface area contributed by atoms with Gasteiger partial charge >= 0.3 is 0 Å². The van der Waals surface area contributed by atoms with Gasteiger partial charge in [0, 0.05) is 29.4 Å². The summed E-state index contributed by atoms with van der Waals surface area (Å²) in [7, 11) is 0. The Morgan fingerprint density at radius 3 is 2.62 bits per heavy atom. The van der Waals surface area contributed by atoms with E-state index in [4.69, 9.17) is 9.47 Å². The van der Waals surface area contributed by atoms with Crippen LogP contribution in [0, 0.1) is 10.1 Å². The summed E-state index contributed by atoms with van der Waals surface area (Å²) in [5.41, 5.74) is 0.974. The number of nitro groups is 1. The van der Waals surface area contributed by atoms with E-state index >= 15 is 0 Å². The van der Waals surface area contributed by atoms with Crippen molar-refractivity contribution in [2.24, 2.45) is 0 Å². The highest BCUT2D eigenvalue weighted by Gasteiger charge is 2.20. The number of fused-ring (bicyclic) bond motifs is 1. The van der Waals surface area contributed by atoms with Crippen molar-refractivity contribution >= 4 is 28.8 Å².